The van der Waals surface area contributed by atoms with E-state index in [1.807, 2.05) is 73.0 Å². The van der Waals surface area contributed by atoms with Gasteiger partial charge in [0, 0.05) is 72.9 Å². The lowest BCUT2D eigenvalue weighted by Gasteiger charge is -2.40. The maximum absolute atomic E-state index is 14.1. The van der Waals surface area contributed by atoms with E-state index >= 15 is 0 Å². The molecule has 14 heteroatoms. The number of hydroxylamine groups is 2. The molecule has 3 saturated heterocycles. The number of carbonyl (C=O) groups excluding carboxylic acids is 4. The molecule has 288 valence electrons. The Bertz CT molecular complexity index is 1610. The molecule has 0 radical (unpaired) electrons. The number of nitrogens with zero attached hydrogens (tertiary/aromatic N) is 4. The second-order valence-electron chi connectivity index (χ2n) is 15.6. The van der Waals surface area contributed by atoms with E-state index < -0.39 is 24.0 Å². The minimum absolute atomic E-state index is 0.0100. The quantitative estimate of drug-likeness (QED) is 0.283. The molecule has 53 heavy (non-hydrogen) atoms. The Morgan fingerprint density at radius 2 is 1.43 bits per heavy atom. The minimum Gasteiger partial charge on any atom is -0.436 e. The first-order valence-corrected chi connectivity index (χ1v) is 20.4. The van der Waals surface area contributed by atoms with Crippen LogP contribution >= 0.6 is 31.9 Å². The third-order valence-corrected chi connectivity index (χ3v) is 11.7. The maximum Gasteiger partial charge on any atom is 0.528 e. The Kier molecular flexibility index (Phi) is 12.9. The van der Waals surface area contributed by atoms with Crippen LogP contribution in [0.5, 0.6) is 0 Å². The van der Waals surface area contributed by atoms with Crippen molar-refractivity contribution in [3.05, 3.63) is 62.5 Å². The molecule has 3 fully saturated rings. The minimum atomic E-state index is -0.971. The van der Waals surface area contributed by atoms with E-state index in [-0.39, 0.29) is 24.4 Å². The number of amides is 4. The molecule has 1 atom stereocenters. The van der Waals surface area contributed by atoms with Crippen LogP contribution in [0.25, 0.3) is 0 Å². The summed E-state index contributed by atoms with van der Waals surface area (Å²) in [5, 5.41) is 4.74. The number of ether oxygens (including phenoxy) is 2. The number of para-hydroxylation sites is 1. The van der Waals surface area contributed by atoms with Gasteiger partial charge in [-0.2, -0.15) is 0 Å². The lowest BCUT2D eigenvalue weighted by atomic mass is 9.79. The second kappa shape index (κ2) is 17.4. The van der Waals surface area contributed by atoms with Crippen molar-refractivity contribution in [2.24, 2.45) is 11.8 Å². The largest absolute Gasteiger partial charge is 0.528 e. The summed E-state index contributed by atoms with van der Waals surface area (Å²) in [4.78, 5) is 63.9. The topological polar surface area (TPSA) is 121 Å². The number of piperidine rings is 3. The first-order valence-electron chi connectivity index (χ1n) is 18.8. The van der Waals surface area contributed by atoms with Crippen molar-refractivity contribution in [1.82, 2.24) is 19.8 Å². The fraction of sp³-hybridized carbons (Fsp3) is 0.590. The van der Waals surface area contributed by atoms with Crippen molar-refractivity contribution in [2.45, 2.75) is 89.9 Å². The van der Waals surface area contributed by atoms with E-state index in [0.717, 1.165) is 57.9 Å². The molecular formula is C39H51Br2N5O7. The van der Waals surface area contributed by atoms with E-state index in [1.165, 1.54) is 0 Å². The molecule has 2 aromatic carbocycles. The number of hydrogen-bond donors (Lipinski definition) is 1. The summed E-state index contributed by atoms with van der Waals surface area (Å²) >= 11 is 7.10. The number of fused-ring (bicyclic) bond motifs is 1. The fourth-order valence-electron chi connectivity index (χ4n) is 8.02. The molecule has 0 saturated carbocycles. The lowest BCUT2D eigenvalue weighted by molar-refractivity contribution is -0.158. The third-order valence-electron chi connectivity index (χ3n) is 10.8. The van der Waals surface area contributed by atoms with Crippen LogP contribution in [-0.4, -0.2) is 108 Å². The summed E-state index contributed by atoms with van der Waals surface area (Å²) < 4.78 is 13.1. The van der Waals surface area contributed by atoms with Gasteiger partial charge in [0.2, 0.25) is 0 Å². The maximum atomic E-state index is 14.1. The van der Waals surface area contributed by atoms with Gasteiger partial charge in [0.05, 0.1) is 0 Å². The number of rotatable bonds is 7. The molecule has 12 nitrogen and oxygen atoms in total. The number of halogens is 2. The molecule has 2 aromatic rings. The lowest BCUT2D eigenvalue weighted by Crippen LogP contribution is -2.52. The number of nitrogens with one attached hydrogen (secondary N) is 1. The zero-order chi connectivity index (χ0) is 37.7. The predicted octanol–water partition coefficient (Wildman–Crippen LogP) is 7.63. The fourth-order valence-corrected chi connectivity index (χ4v) is 9.41. The first kappa shape index (κ1) is 39.3. The highest BCUT2D eigenvalue weighted by Crippen LogP contribution is 2.34. The van der Waals surface area contributed by atoms with Crippen LogP contribution in [0.4, 0.5) is 20.1 Å². The summed E-state index contributed by atoms with van der Waals surface area (Å²) in [6.07, 6.45) is 3.71. The summed E-state index contributed by atoms with van der Waals surface area (Å²) in [5.41, 5.74) is 2.24. The molecule has 0 unspecified atom stereocenters. The SMILES string of the molecule is CC(C)(C)OC(=O)ON1CCC(C2CCN(C(=O)[C@@H](Cc3cc(Br)cc(Br)c3)OC(=O)N3CCC(N4CCc5ccccc5NC4=O)CC3)CC2)CC1. The van der Waals surface area contributed by atoms with Gasteiger partial charge in [-0.05, 0) is 113 Å². The Morgan fingerprint density at radius 3 is 2.08 bits per heavy atom. The first-order chi connectivity index (χ1) is 25.3. The number of hydrogen-bond acceptors (Lipinski definition) is 8. The van der Waals surface area contributed by atoms with Gasteiger partial charge >= 0.3 is 18.3 Å². The van der Waals surface area contributed by atoms with Crippen LogP contribution in [0.15, 0.2) is 51.4 Å². The predicted molar refractivity (Wildman–Crippen MR) is 207 cm³/mol. The van der Waals surface area contributed by atoms with Gasteiger partial charge in [0.1, 0.15) is 5.60 Å². The van der Waals surface area contributed by atoms with Crippen molar-refractivity contribution >= 4 is 61.7 Å². The monoisotopic (exact) mass is 859 g/mol. The van der Waals surface area contributed by atoms with Crippen LogP contribution < -0.4 is 5.32 Å². The highest BCUT2D eigenvalue weighted by molar-refractivity contribution is 9.11. The van der Waals surface area contributed by atoms with Crippen LogP contribution in [0.3, 0.4) is 0 Å². The molecule has 1 N–H and O–H groups in total. The second-order valence-corrected chi connectivity index (χ2v) is 17.4. The summed E-state index contributed by atoms with van der Waals surface area (Å²) in [6, 6.07) is 13.6. The molecule has 0 aromatic heterocycles. The number of anilines is 1. The van der Waals surface area contributed by atoms with Crippen molar-refractivity contribution in [3.8, 4) is 0 Å². The van der Waals surface area contributed by atoms with Crippen molar-refractivity contribution < 1.29 is 33.5 Å². The van der Waals surface area contributed by atoms with E-state index in [2.05, 4.69) is 37.2 Å². The zero-order valence-corrected chi connectivity index (χ0v) is 34.0. The summed E-state index contributed by atoms with van der Waals surface area (Å²) in [6.45, 7) is 9.44. The van der Waals surface area contributed by atoms with Gasteiger partial charge in [-0.3, -0.25) is 4.79 Å². The molecular weight excluding hydrogens is 810 g/mol. The Balaban J connectivity index is 1.02. The number of urea groups is 1. The van der Waals surface area contributed by atoms with Gasteiger partial charge in [0.25, 0.3) is 5.91 Å². The normalized spacial score (nSPS) is 20.2. The van der Waals surface area contributed by atoms with Gasteiger partial charge in [-0.1, -0.05) is 50.1 Å². The molecule has 0 spiro atoms. The Labute approximate surface area is 329 Å². The van der Waals surface area contributed by atoms with E-state index in [9.17, 15) is 19.2 Å². The molecule has 0 aliphatic carbocycles. The van der Waals surface area contributed by atoms with Crippen molar-refractivity contribution in [2.75, 3.05) is 51.1 Å². The van der Waals surface area contributed by atoms with Gasteiger partial charge in [-0.15, -0.1) is 5.06 Å². The van der Waals surface area contributed by atoms with Crippen LogP contribution in [0.1, 0.15) is 70.4 Å². The van der Waals surface area contributed by atoms with Crippen LogP contribution in [-0.2, 0) is 31.9 Å². The third kappa shape index (κ3) is 10.7. The molecule has 4 aliphatic heterocycles. The molecule has 0 bridgehead atoms. The smallest absolute Gasteiger partial charge is 0.436 e. The summed E-state index contributed by atoms with van der Waals surface area (Å²) in [5.74, 6) is 0.771. The van der Waals surface area contributed by atoms with E-state index in [1.54, 1.807) is 9.96 Å². The number of carbonyl (C=O) groups is 4. The van der Waals surface area contributed by atoms with Crippen molar-refractivity contribution in [1.29, 1.82) is 0 Å². The van der Waals surface area contributed by atoms with Crippen LogP contribution in [0.2, 0.25) is 0 Å². The highest BCUT2D eigenvalue weighted by Gasteiger charge is 2.37. The zero-order valence-electron chi connectivity index (χ0n) is 30.9. The Hall–Kier alpha value is -3.36. The highest BCUT2D eigenvalue weighted by atomic mass is 79.9. The van der Waals surface area contributed by atoms with Gasteiger partial charge in [-0.25, -0.2) is 14.4 Å². The Morgan fingerprint density at radius 1 is 0.830 bits per heavy atom. The van der Waals surface area contributed by atoms with E-state index in [0.29, 0.717) is 70.5 Å². The van der Waals surface area contributed by atoms with Gasteiger partial charge in [0.15, 0.2) is 6.10 Å². The van der Waals surface area contributed by atoms with E-state index in [4.69, 9.17) is 14.3 Å². The van der Waals surface area contributed by atoms with Gasteiger partial charge < -0.3 is 34.3 Å². The van der Waals surface area contributed by atoms with Crippen molar-refractivity contribution in [3.63, 3.8) is 0 Å². The average molecular weight is 862 g/mol. The standard InChI is InChI=1S/C39H51Br2N5O7/c1-39(2,3)52-38(50)53-45-19-10-28(11-20-45)27-8-15-43(16-9-27)35(47)34(24-26-22-30(40)25-31(41)23-26)51-37(49)44-17-13-32(14-18-44)46-21-12-29-6-4-5-7-33(29)42-36(46)48/h4-7,22-23,25,27-28,32,34H,8-21,24H2,1-3H3,(H,42,48)/t34-/m1/s1. The molecule has 4 heterocycles. The van der Waals surface area contributed by atoms with Crippen LogP contribution in [0, 0.1) is 11.8 Å². The average Bonchev–Trinajstić information content (AvgIpc) is 3.28. The summed E-state index contributed by atoms with van der Waals surface area (Å²) in [7, 11) is 0. The molecule has 6 rings (SSSR count). The number of likely N-dealkylation sites (tertiary alicyclic amines) is 2. The number of benzene rings is 2. The molecule has 4 aliphatic rings. The molecule has 4 amide bonds.